The second-order valence-electron chi connectivity index (χ2n) is 5.19. The molecule has 0 radical (unpaired) electrons. The Hall–Kier alpha value is -1.82. The van der Waals surface area contributed by atoms with E-state index in [2.05, 4.69) is 0 Å². The lowest BCUT2D eigenvalue weighted by Gasteiger charge is -2.08. The van der Waals surface area contributed by atoms with E-state index in [1.165, 1.54) is 16.7 Å². The van der Waals surface area contributed by atoms with Gasteiger partial charge in [0.25, 0.3) is 5.91 Å². The summed E-state index contributed by atoms with van der Waals surface area (Å²) in [5, 5.41) is 0.681. The number of benzene rings is 2. The largest absolute Gasteiger partial charge is 0.489 e. The Bertz CT molecular complexity index is 835. The van der Waals surface area contributed by atoms with Crippen LogP contribution in [0.15, 0.2) is 53.4 Å². The fourth-order valence-corrected chi connectivity index (χ4v) is 3.54. The number of amides is 1. The average molecular weight is 376 g/mol. The van der Waals surface area contributed by atoms with Gasteiger partial charge in [0.15, 0.2) is 0 Å². The summed E-state index contributed by atoms with van der Waals surface area (Å²) in [6.07, 6.45) is 1.82. The van der Waals surface area contributed by atoms with Gasteiger partial charge in [-0.15, -0.1) is 0 Å². The third-order valence-corrected chi connectivity index (χ3v) is 5.35. The molecule has 1 aliphatic rings. The Labute approximate surface area is 155 Å². The highest BCUT2D eigenvalue weighted by molar-refractivity contribution is 8.26. The van der Waals surface area contributed by atoms with Gasteiger partial charge in [0, 0.05) is 17.6 Å². The number of thiocarbonyl (C=S) groups is 1. The van der Waals surface area contributed by atoms with Gasteiger partial charge in [-0.3, -0.25) is 9.69 Å². The van der Waals surface area contributed by atoms with E-state index in [1.54, 1.807) is 7.05 Å². The molecule has 0 aromatic heterocycles. The molecule has 122 valence electrons. The minimum Gasteiger partial charge on any atom is -0.489 e. The summed E-state index contributed by atoms with van der Waals surface area (Å²) in [6, 6.07) is 15.1. The van der Waals surface area contributed by atoms with Crippen molar-refractivity contribution < 1.29 is 9.53 Å². The summed E-state index contributed by atoms with van der Waals surface area (Å²) in [6.45, 7) is 0.389. The number of ether oxygens (including phenoxy) is 1. The Morgan fingerprint density at radius 3 is 2.75 bits per heavy atom. The van der Waals surface area contributed by atoms with Gasteiger partial charge in [-0.2, -0.15) is 0 Å². The Kier molecular flexibility index (Phi) is 5.23. The van der Waals surface area contributed by atoms with Crippen LogP contribution in [0.5, 0.6) is 5.75 Å². The van der Waals surface area contributed by atoms with E-state index in [4.69, 9.17) is 28.6 Å². The molecule has 3 nitrogen and oxygen atoms in total. The molecule has 2 aromatic rings. The smallest absolute Gasteiger partial charge is 0.265 e. The van der Waals surface area contributed by atoms with Crippen LogP contribution in [0.2, 0.25) is 5.02 Å². The van der Waals surface area contributed by atoms with Crippen LogP contribution < -0.4 is 4.74 Å². The second-order valence-corrected chi connectivity index (χ2v) is 7.28. The van der Waals surface area contributed by atoms with Gasteiger partial charge in [-0.05, 0) is 29.8 Å². The van der Waals surface area contributed by atoms with Crippen LogP contribution in [-0.4, -0.2) is 22.2 Å². The number of rotatable bonds is 4. The Balaban J connectivity index is 1.74. The monoisotopic (exact) mass is 375 g/mol. The van der Waals surface area contributed by atoms with Crippen LogP contribution in [0.3, 0.4) is 0 Å². The maximum absolute atomic E-state index is 12.1. The van der Waals surface area contributed by atoms with Gasteiger partial charge in [-0.1, -0.05) is 65.9 Å². The van der Waals surface area contributed by atoms with E-state index in [-0.39, 0.29) is 5.91 Å². The van der Waals surface area contributed by atoms with Crippen LogP contribution in [0.4, 0.5) is 0 Å². The number of thioether (sulfide) groups is 1. The molecule has 1 saturated heterocycles. The standard InChI is InChI=1S/C18H14ClNO2S2/c1-20-17(21)16(24-18(20)23)10-12-5-4-7-14(9-12)22-11-13-6-2-3-8-15(13)19/h2-10H,11H2,1H3/b16-10+. The summed E-state index contributed by atoms with van der Waals surface area (Å²) in [4.78, 5) is 14.1. The van der Waals surface area contributed by atoms with Crippen molar-refractivity contribution in [3.63, 3.8) is 0 Å². The highest BCUT2D eigenvalue weighted by atomic mass is 35.5. The molecule has 1 fully saturated rings. The molecule has 0 N–H and O–H groups in total. The zero-order valence-electron chi connectivity index (χ0n) is 12.9. The van der Waals surface area contributed by atoms with Crippen LogP contribution in [-0.2, 0) is 11.4 Å². The van der Waals surface area contributed by atoms with Gasteiger partial charge in [0.2, 0.25) is 0 Å². The maximum Gasteiger partial charge on any atom is 0.265 e. The van der Waals surface area contributed by atoms with Gasteiger partial charge in [0.1, 0.15) is 16.7 Å². The molecule has 0 aliphatic carbocycles. The first-order valence-electron chi connectivity index (χ1n) is 7.22. The van der Waals surface area contributed by atoms with Crippen molar-refractivity contribution in [1.82, 2.24) is 4.90 Å². The van der Waals surface area contributed by atoms with Crippen LogP contribution in [0.1, 0.15) is 11.1 Å². The normalized spacial score (nSPS) is 16.1. The van der Waals surface area contributed by atoms with Gasteiger partial charge in [-0.25, -0.2) is 0 Å². The molecule has 1 heterocycles. The zero-order valence-corrected chi connectivity index (χ0v) is 15.3. The van der Waals surface area contributed by atoms with E-state index in [9.17, 15) is 4.79 Å². The van der Waals surface area contributed by atoms with Crippen LogP contribution >= 0.6 is 35.6 Å². The summed E-state index contributed by atoms with van der Waals surface area (Å²) < 4.78 is 6.37. The Morgan fingerprint density at radius 1 is 1.25 bits per heavy atom. The lowest BCUT2D eigenvalue weighted by atomic mass is 10.2. The highest BCUT2D eigenvalue weighted by Gasteiger charge is 2.28. The first-order chi connectivity index (χ1) is 11.5. The first kappa shape index (κ1) is 17.0. The lowest BCUT2D eigenvalue weighted by molar-refractivity contribution is -0.121. The van der Waals surface area contributed by atoms with Crippen molar-refractivity contribution in [2.75, 3.05) is 7.05 Å². The van der Waals surface area contributed by atoms with Gasteiger partial charge in [0.05, 0.1) is 4.91 Å². The van der Waals surface area contributed by atoms with Crippen molar-refractivity contribution >= 4 is 51.9 Å². The predicted molar refractivity (Wildman–Crippen MR) is 103 cm³/mol. The first-order valence-corrected chi connectivity index (χ1v) is 8.83. The van der Waals surface area contributed by atoms with Gasteiger partial charge < -0.3 is 4.74 Å². The van der Waals surface area contributed by atoms with E-state index in [0.29, 0.717) is 20.9 Å². The predicted octanol–water partition coefficient (Wildman–Crippen LogP) is 4.75. The molecule has 0 atom stereocenters. The summed E-state index contributed by atoms with van der Waals surface area (Å²) in [5.74, 6) is 0.642. The van der Waals surface area contributed by atoms with E-state index >= 15 is 0 Å². The molecule has 3 rings (SSSR count). The van der Waals surface area contributed by atoms with E-state index < -0.39 is 0 Å². The average Bonchev–Trinajstić information content (AvgIpc) is 2.81. The second kappa shape index (κ2) is 7.38. The van der Waals surface area contributed by atoms with Crippen molar-refractivity contribution in [3.8, 4) is 5.75 Å². The van der Waals surface area contributed by atoms with Crippen molar-refractivity contribution in [2.24, 2.45) is 0 Å². The minimum absolute atomic E-state index is 0.0765. The SMILES string of the molecule is CN1C(=O)/C(=C\c2cccc(OCc3ccccc3Cl)c2)SC1=S. The molecular formula is C18H14ClNO2S2. The number of halogens is 1. The number of hydrogen-bond acceptors (Lipinski definition) is 4. The molecule has 0 unspecified atom stereocenters. The minimum atomic E-state index is -0.0765. The number of nitrogens with zero attached hydrogens (tertiary/aromatic N) is 1. The summed E-state index contributed by atoms with van der Waals surface area (Å²) >= 11 is 12.6. The zero-order chi connectivity index (χ0) is 17.1. The third kappa shape index (κ3) is 3.80. The fraction of sp³-hybridized carbons (Fsp3) is 0.111. The molecule has 24 heavy (non-hydrogen) atoms. The molecule has 1 amide bonds. The summed E-state index contributed by atoms with van der Waals surface area (Å²) in [7, 11) is 1.68. The molecule has 6 heteroatoms. The number of carbonyl (C=O) groups excluding carboxylic acids is 1. The van der Waals surface area contributed by atoms with Gasteiger partial charge >= 0.3 is 0 Å². The highest BCUT2D eigenvalue weighted by Crippen LogP contribution is 2.31. The lowest BCUT2D eigenvalue weighted by Crippen LogP contribution is -2.22. The molecule has 0 bridgehead atoms. The van der Waals surface area contributed by atoms with E-state index in [1.807, 2.05) is 54.6 Å². The molecule has 0 spiro atoms. The molecular weight excluding hydrogens is 362 g/mol. The number of hydrogen-bond donors (Lipinski definition) is 0. The quantitative estimate of drug-likeness (QED) is 0.569. The van der Waals surface area contributed by atoms with Crippen LogP contribution in [0, 0.1) is 0 Å². The third-order valence-electron chi connectivity index (χ3n) is 3.49. The topological polar surface area (TPSA) is 29.5 Å². The maximum atomic E-state index is 12.1. The molecule has 0 saturated carbocycles. The van der Waals surface area contributed by atoms with Crippen molar-refractivity contribution in [1.29, 1.82) is 0 Å². The number of carbonyl (C=O) groups is 1. The van der Waals surface area contributed by atoms with E-state index in [0.717, 1.165) is 16.9 Å². The number of likely N-dealkylation sites (N-methyl/N-ethyl adjacent to an activating group) is 1. The molecule has 1 aliphatic heterocycles. The van der Waals surface area contributed by atoms with Crippen molar-refractivity contribution in [3.05, 3.63) is 69.6 Å². The fourth-order valence-electron chi connectivity index (χ4n) is 2.17. The van der Waals surface area contributed by atoms with Crippen LogP contribution in [0.25, 0.3) is 6.08 Å². The molecule has 2 aromatic carbocycles. The summed E-state index contributed by atoms with van der Waals surface area (Å²) in [5.41, 5.74) is 1.82. The van der Waals surface area contributed by atoms with Crippen molar-refractivity contribution in [2.45, 2.75) is 6.61 Å². The Morgan fingerprint density at radius 2 is 2.04 bits per heavy atom.